The first-order valence-electron chi connectivity index (χ1n) is 8.40. The summed E-state index contributed by atoms with van der Waals surface area (Å²) in [6.45, 7) is 5.07. The summed E-state index contributed by atoms with van der Waals surface area (Å²) >= 11 is 0. The van der Waals surface area contributed by atoms with E-state index in [1.54, 1.807) is 18.0 Å². The Bertz CT molecular complexity index is 663. The second-order valence-electron chi connectivity index (χ2n) is 5.89. The lowest BCUT2D eigenvalue weighted by atomic mass is 10.1. The third-order valence-corrected chi connectivity index (χ3v) is 4.53. The zero-order chi connectivity index (χ0) is 16.9. The van der Waals surface area contributed by atoms with Crippen molar-refractivity contribution in [3.63, 3.8) is 0 Å². The van der Waals surface area contributed by atoms with Gasteiger partial charge in [-0.1, -0.05) is 19.1 Å². The Morgan fingerprint density at radius 3 is 2.58 bits per heavy atom. The molecule has 1 fully saturated rings. The number of piperazine rings is 1. The van der Waals surface area contributed by atoms with Crippen LogP contribution in [0.15, 0.2) is 42.7 Å². The van der Waals surface area contributed by atoms with Crippen molar-refractivity contribution in [2.75, 3.05) is 38.2 Å². The highest BCUT2D eigenvalue weighted by molar-refractivity contribution is 5.80. The van der Waals surface area contributed by atoms with Gasteiger partial charge in [-0.15, -0.1) is 0 Å². The van der Waals surface area contributed by atoms with Crippen molar-refractivity contribution in [2.45, 2.75) is 19.4 Å². The largest absolute Gasteiger partial charge is 0.495 e. The number of methoxy groups -OCH3 is 1. The van der Waals surface area contributed by atoms with E-state index >= 15 is 0 Å². The SMILES string of the molecule is CC[C@@H](C(=O)N1CCN(c2ccccc2OC)CC1)n1cccn1. The van der Waals surface area contributed by atoms with E-state index in [9.17, 15) is 4.79 Å². The zero-order valence-electron chi connectivity index (χ0n) is 14.3. The smallest absolute Gasteiger partial charge is 0.247 e. The standard InChI is InChI=1S/C18H24N4O2/c1-3-15(22-10-6-9-19-22)18(23)21-13-11-20(12-14-21)16-7-4-5-8-17(16)24-2/h4-10,15H,3,11-14H2,1-2H3/t15-/m0/s1. The fourth-order valence-electron chi connectivity index (χ4n) is 3.21. The van der Waals surface area contributed by atoms with Gasteiger partial charge in [0.1, 0.15) is 11.8 Å². The van der Waals surface area contributed by atoms with Crippen LogP contribution in [0.5, 0.6) is 5.75 Å². The lowest BCUT2D eigenvalue weighted by Gasteiger charge is -2.37. The molecule has 1 aromatic heterocycles. The van der Waals surface area contributed by atoms with Gasteiger partial charge in [0, 0.05) is 38.6 Å². The Morgan fingerprint density at radius 1 is 1.21 bits per heavy atom. The predicted molar refractivity (Wildman–Crippen MR) is 93.3 cm³/mol. The molecule has 2 aromatic rings. The van der Waals surface area contributed by atoms with Gasteiger partial charge in [-0.25, -0.2) is 0 Å². The number of anilines is 1. The van der Waals surface area contributed by atoms with Gasteiger partial charge >= 0.3 is 0 Å². The topological polar surface area (TPSA) is 50.6 Å². The average Bonchev–Trinajstić information content (AvgIpc) is 3.16. The van der Waals surface area contributed by atoms with E-state index in [0.29, 0.717) is 13.1 Å². The minimum Gasteiger partial charge on any atom is -0.495 e. The van der Waals surface area contributed by atoms with E-state index in [0.717, 1.165) is 30.9 Å². The Hall–Kier alpha value is -2.50. The molecule has 0 spiro atoms. The van der Waals surface area contributed by atoms with E-state index in [1.165, 1.54) is 0 Å². The Morgan fingerprint density at radius 2 is 1.96 bits per heavy atom. The van der Waals surface area contributed by atoms with Crippen molar-refractivity contribution in [1.82, 2.24) is 14.7 Å². The van der Waals surface area contributed by atoms with Crippen molar-refractivity contribution >= 4 is 11.6 Å². The van der Waals surface area contributed by atoms with Crippen LogP contribution in [0.25, 0.3) is 0 Å². The maximum Gasteiger partial charge on any atom is 0.247 e. The lowest BCUT2D eigenvalue weighted by Crippen LogP contribution is -2.50. The average molecular weight is 328 g/mol. The summed E-state index contributed by atoms with van der Waals surface area (Å²) in [6, 6.07) is 9.67. The van der Waals surface area contributed by atoms with E-state index in [2.05, 4.69) is 16.1 Å². The number of amides is 1. The summed E-state index contributed by atoms with van der Waals surface area (Å²) < 4.78 is 7.20. The second kappa shape index (κ2) is 7.38. The van der Waals surface area contributed by atoms with E-state index in [1.807, 2.05) is 42.3 Å². The Balaban J connectivity index is 1.65. The molecule has 0 aliphatic carbocycles. The number of rotatable bonds is 5. The quantitative estimate of drug-likeness (QED) is 0.844. The third-order valence-electron chi connectivity index (χ3n) is 4.53. The highest BCUT2D eigenvalue weighted by atomic mass is 16.5. The van der Waals surface area contributed by atoms with Crippen LogP contribution < -0.4 is 9.64 Å². The van der Waals surface area contributed by atoms with E-state index < -0.39 is 0 Å². The molecule has 2 heterocycles. The minimum absolute atomic E-state index is 0.154. The van der Waals surface area contributed by atoms with Crippen LogP contribution >= 0.6 is 0 Å². The van der Waals surface area contributed by atoms with Crippen LogP contribution in [0.2, 0.25) is 0 Å². The lowest BCUT2D eigenvalue weighted by molar-refractivity contribution is -0.135. The molecule has 6 heteroatoms. The molecule has 0 unspecified atom stereocenters. The number of hydrogen-bond donors (Lipinski definition) is 0. The number of hydrogen-bond acceptors (Lipinski definition) is 4. The number of nitrogens with zero attached hydrogens (tertiary/aromatic N) is 4. The predicted octanol–water partition coefficient (Wildman–Crippen LogP) is 2.19. The van der Waals surface area contributed by atoms with Crippen LogP contribution in [0, 0.1) is 0 Å². The highest BCUT2D eigenvalue weighted by Crippen LogP contribution is 2.28. The van der Waals surface area contributed by atoms with Crippen LogP contribution in [-0.2, 0) is 4.79 Å². The van der Waals surface area contributed by atoms with Crippen LogP contribution in [0.4, 0.5) is 5.69 Å². The number of aromatic nitrogens is 2. The van der Waals surface area contributed by atoms with Gasteiger partial charge in [0.05, 0.1) is 12.8 Å². The molecule has 0 saturated carbocycles. The minimum atomic E-state index is -0.210. The molecular weight excluding hydrogens is 304 g/mol. The first-order valence-corrected chi connectivity index (χ1v) is 8.40. The van der Waals surface area contributed by atoms with E-state index in [4.69, 9.17) is 4.74 Å². The molecule has 6 nitrogen and oxygen atoms in total. The second-order valence-corrected chi connectivity index (χ2v) is 5.89. The molecule has 1 aliphatic rings. The molecule has 1 aliphatic heterocycles. The first kappa shape index (κ1) is 16.4. The molecule has 1 saturated heterocycles. The Labute approximate surface area is 142 Å². The van der Waals surface area contributed by atoms with Gasteiger partial charge in [0.25, 0.3) is 0 Å². The summed E-state index contributed by atoms with van der Waals surface area (Å²) in [6.07, 6.45) is 4.32. The van der Waals surface area contributed by atoms with Gasteiger partial charge in [0.15, 0.2) is 0 Å². The molecule has 0 N–H and O–H groups in total. The number of carbonyl (C=O) groups excluding carboxylic acids is 1. The zero-order valence-corrected chi connectivity index (χ0v) is 14.3. The molecule has 0 bridgehead atoms. The molecule has 1 atom stereocenters. The Kier molecular flexibility index (Phi) is 5.03. The molecule has 128 valence electrons. The van der Waals surface area contributed by atoms with Gasteiger partial charge in [-0.3, -0.25) is 9.48 Å². The third kappa shape index (κ3) is 3.22. The normalized spacial score (nSPS) is 16.1. The van der Waals surface area contributed by atoms with Gasteiger partial charge in [0.2, 0.25) is 5.91 Å². The fraction of sp³-hybridized carbons (Fsp3) is 0.444. The van der Waals surface area contributed by atoms with Crippen molar-refractivity contribution < 1.29 is 9.53 Å². The summed E-state index contributed by atoms with van der Waals surface area (Å²) in [5, 5.41) is 4.23. The summed E-state index contributed by atoms with van der Waals surface area (Å²) in [5.74, 6) is 1.03. The van der Waals surface area contributed by atoms with Crippen molar-refractivity contribution in [3.8, 4) is 5.75 Å². The summed E-state index contributed by atoms with van der Waals surface area (Å²) in [7, 11) is 1.69. The van der Waals surface area contributed by atoms with Crippen molar-refractivity contribution in [2.24, 2.45) is 0 Å². The number of carbonyl (C=O) groups is 1. The van der Waals surface area contributed by atoms with Gasteiger partial charge < -0.3 is 14.5 Å². The van der Waals surface area contributed by atoms with Crippen molar-refractivity contribution in [3.05, 3.63) is 42.7 Å². The monoisotopic (exact) mass is 328 g/mol. The molecule has 0 radical (unpaired) electrons. The number of para-hydroxylation sites is 2. The van der Waals surface area contributed by atoms with Gasteiger partial charge in [-0.2, -0.15) is 5.10 Å². The molecule has 1 amide bonds. The van der Waals surface area contributed by atoms with E-state index in [-0.39, 0.29) is 11.9 Å². The molecular formula is C18H24N4O2. The van der Waals surface area contributed by atoms with Crippen LogP contribution in [0.1, 0.15) is 19.4 Å². The maximum atomic E-state index is 12.8. The van der Waals surface area contributed by atoms with Gasteiger partial charge in [-0.05, 0) is 24.6 Å². The number of benzene rings is 1. The first-order chi connectivity index (χ1) is 11.7. The molecule has 1 aromatic carbocycles. The summed E-state index contributed by atoms with van der Waals surface area (Å²) in [5.41, 5.74) is 1.09. The van der Waals surface area contributed by atoms with Crippen LogP contribution in [-0.4, -0.2) is 53.9 Å². The highest BCUT2D eigenvalue weighted by Gasteiger charge is 2.28. The van der Waals surface area contributed by atoms with Crippen molar-refractivity contribution in [1.29, 1.82) is 0 Å². The van der Waals surface area contributed by atoms with Crippen LogP contribution in [0.3, 0.4) is 0 Å². The maximum absolute atomic E-state index is 12.8. The number of ether oxygens (including phenoxy) is 1. The fourth-order valence-corrected chi connectivity index (χ4v) is 3.21. The molecule has 3 rings (SSSR count). The summed E-state index contributed by atoms with van der Waals surface area (Å²) in [4.78, 5) is 17.0. The molecule has 24 heavy (non-hydrogen) atoms.